The molecule has 0 spiro atoms. The fourth-order valence-electron chi connectivity index (χ4n) is 1.83. The molecule has 1 saturated heterocycles. The molecule has 1 aromatic rings. The van der Waals surface area contributed by atoms with Crippen molar-refractivity contribution in [1.29, 1.82) is 0 Å². The molecule has 2 rings (SSSR count). The number of amides is 1. The lowest BCUT2D eigenvalue weighted by atomic mass is 10.3. The Morgan fingerprint density at radius 3 is 2.62 bits per heavy atom. The Labute approximate surface area is 94.4 Å². The van der Waals surface area contributed by atoms with Gasteiger partial charge < -0.3 is 14.7 Å². The van der Waals surface area contributed by atoms with Crippen LogP contribution in [0.4, 0.5) is 5.69 Å². The topological polar surface area (TPSA) is 49.8 Å². The molecule has 0 saturated carbocycles. The third kappa shape index (κ3) is 2.17. The minimum atomic E-state index is -0.543. The number of hydrogen-bond acceptors (Lipinski definition) is 3. The molecule has 4 heteroatoms. The molecule has 1 unspecified atom stereocenters. The van der Waals surface area contributed by atoms with Gasteiger partial charge in [0, 0.05) is 5.69 Å². The van der Waals surface area contributed by atoms with Crippen LogP contribution in [0.1, 0.15) is 13.3 Å². The minimum absolute atomic E-state index is 0.0309. The Bertz CT molecular complexity index is 374. The summed E-state index contributed by atoms with van der Waals surface area (Å²) in [5.74, 6) is 0.759. The summed E-state index contributed by atoms with van der Waals surface area (Å²) in [7, 11) is 0. The van der Waals surface area contributed by atoms with Crippen molar-refractivity contribution in [2.45, 2.75) is 19.4 Å². The molecule has 1 aromatic carbocycles. The molecule has 86 valence electrons. The number of nitrogens with zero attached hydrogens (tertiary/aromatic N) is 1. The molecule has 1 N–H and O–H groups in total. The molecule has 1 aliphatic rings. The van der Waals surface area contributed by atoms with E-state index in [1.807, 2.05) is 31.2 Å². The van der Waals surface area contributed by atoms with Crippen LogP contribution in [-0.2, 0) is 4.79 Å². The van der Waals surface area contributed by atoms with E-state index in [1.165, 1.54) is 0 Å². The highest BCUT2D eigenvalue weighted by molar-refractivity contribution is 5.96. The normalized spacial score (nSPS) is 20.2. The van der Waals surface area contributed by atoms with Crippen molar-refractivity contribution in [3.63, 3.8) is 0 Å². The van der Waals surface area contributed by atoms with Crippen LogP contribution >= 0.6 is 0 Å². The van der Waals surface area contributed by atoms with E-state index in [1.54, 1.807) is 4.90 Å². The zero-order valence-corrected chi connectivity index (χ0v) is 9.22. The maximum absolute atomic E-state index is 11.5. The summed E-state index contributed by atoms with van der Waals surface area (Å²) in [6.07, 6.45) is -0.327. The number of hydrogen-bond donors (Lipinski definition) is 1. The predicted molar refractivity (Wildman–Crippen MR) is 60.6 cm³/mol. The Balaban J connectivity index is 2.12. The maximum Gasteiger partial charge on any atom is 0.229 e. The standard InChI is InChI=1S/C12H15NO3/c1-2-16-11-5-3-9(4-6-11)13-8-10(14)7-12(13)15/h3-6,10,14H,2,7-8H2,1H3. The van der Waals surface area contributed by atoms with Crippen molar-refractivity contribution < 1.29 is 14.6 Å². The van der Waals surface area contributed by atoms with Gasteiger partial charge in [-0.05, 0) is 31.2 Å². The SMILES string of the molecule is CCOc1ccc(N2CC(O)CC2=O)cc1. The summed E-state index contributed by atoms with van der Waals surface area (Å²) in [5.41, 5.74) is 0.810. The van der Waals surface area contributed by atoms with Gasteiger partial charge in [-0.1, -0.05) is 0 Å². The largest absolute Gasteiger partial charge is 0.494 e. The highest BCUT2D eigenvalue weighted by atomic mass is 16.5. The lowest BCUT2D eigenvalue weighted by Crippen LogP contribution is -2.25. The molecule has 16 heavy (non-hydrogen) atoms. The Morgan fingerprint density at radius 1 is 1.44 bits per heavy atom. The molecular weight excluding hydrogens is 206 g/mol. The van der Waals surface area contributed by atoms with Crippen LogP contribution in [0.3, 0.4) is 0 Å². The van der Waals surface area contributed by atoms with Gasteiger partial charge in [0.2, 0.25) is 5.91 Å². The first-order valence-corrected chi connectivity index (χ1v) is 5.42. The van der Waals surface area contributed by atoms with Crippen molar-refractivity contribution in [1.82, 2.24) is 0 Å². The van der Waals surface area contributed by atoms with Gasteiger partial charge in [0.25, 0.3) is 0 Å². The van der Waals surface area contributed by atoms with Gasteiger partial charge in [0.05, 0.1) is 25.7 Å². The predicted octanol–water partition coefficient (Wildman–Crippen LogP) is 1.18. The molecule has 0 aliphatic carbocycles. The summed E-state index contributed by atoms with van der Waals surface area (Å²) >= 11 is 0. The van der Waals surface area contributed by atoms with Gasteiger partial charge in [-0.15, -0.1) is 0 Å². The monoisotopic (exact) mass is 221 g/mol. The molecule has 0 aromatic heterocycles. The van der Waals surface area contributed by atoms with Gasteiger partial charge >= 0.3 is 0 Å². The van der Waals surface area contributed by atoms with E-state index in [9.17, 15) is 9.90 Å². The number of anilines is 1. The molecule has 0 radical (unpaired) electrons. The van der Waals surface area contributed by atoms with E-state index < -0.39 is 6.10 Å². The summed E-state index contributed by atoms with van der Waals surface area (Å²) in [6, 6.07) is 7.33. The smallest absolute Gasteiger partial charge is 0.229 e. The average molecular weight is 221 g/mol. The molecule has 1 amide bonds. The summed E-state index contributed by atoms with van der Waals surface area (Å²) in [4.78, 5) is 13.1. The average Bonchev–Trinajstić information content (AvgIpc) is 2.59. The van der Waals surface area contributed by atoms with Crippen molar-refractivity contribution in [2.24, 2.45) is 0 Å². The number of aliphatic hydroxyl groups is 1. The van der Waals surface area contributed by atoms with E-state index in [2.05, 4.69) is 0 Å². The van der Waals surface area contributed by atoms with Crippen molar-refractivity contribution in [3.8, 4) is 5.75 Å². The van der Waals surface area contributed by atoms with Crippen LogP contribution in [0.25, 0.3) is 0 Å². The number of benzene rings is 1. The lowest BCUT2D eigenvalue weighted by Gasteiger charge is -2.16. The van der Waals surface area contributed by atoms with Gasteiger partial charge in [0.15, 0.2) is 0 Å². The number of β-amino-alcohol motifs (C(OH)–C–C–N with tert-alkyl or cyclic N) is 1. The van der Waals surface area contributed by atoms with Crippen molar-refractivity contribution in [2.75, 3.05) is 18.1 Å². The summed E-state index contributed by atoms with van der Waals surface area (Å²) in [5, 5.41) is 9.38. The zero-order valence-electron chi connectivity index (χ0n) is 9.22. The van der Waals surface area contributed by atoms with Crippen LogP contribution in [0.2, 0.25) is 0 Å². The van der Waals surface area contributed by atoms with Crippen molar-refractivity contribution >= 4 is 11.6 Å². The minimum Gasteiger partial charge on any atom is -0.494 e. The first-order valence-electron chi connectivity index (χ1n) is 5.42. The van der Waals surface area contributed by atoms with Crippen LogP contribution in [0.15, 0.2) is 24.3 Å². The number of carbonyl (C=O) groups excluding carboxylic acids is 1. The van der Waals surface area contributed by atoms with Gasteiger partial charge in [0.1, 0.15) is 5.75 Å². The Hall–Kier alpha value is -1.55. The zero-order chi connectivity index (χ0) is 11.5. The molecule has 1 fully saturated rings. The van der Waals surface area contributed by atoms with E-state index >= 15 is 0 Å². The second-order valence-electron chi connectivity index (χ2n) is 3.79. The fraction of sp³-hybridized carbons (Fsp3) is 0.417. The highest BCUT2D eigenvalue weighted by Crippen LogP contribution is 2.23. The Morgan fingerprint density at radius 2 is 2.12 bits per heavy atom. The highest BCUT2D eigenvalue weighted by Gasteiger charge is 2.28. The lowest BCUT2D eigenvalue weighted by molar-refractivity contribution is -0.117. The molecular formula is C12H15NO3. The molecule has 1 atom stereocenters. The van der Waals surface area contributed by atoms with Crippen LogP contribution < -0.4 is 9.64 Å². The molecule has 0 bridgehead atoms. The van der Waals surface area contributed by atoms with Crippen LogP contribution in [0.5, 0.6) is 5.75 Å². The third-order valence-electron chi connectivity index (χ3n) is 2.56. The maximum atomic E-state index is 11.5. The number of ether oxygens (including phenoxy) is 1. The molecule has 1 heterocycles. The third-order valence-corrected chi connectivity index (χ3v) is 2.56. The summed E-state index contributed by atoms with van der Waals surface area (Å²) in [6.45, 7) is 2.93. The molecule has 1 aliphatic heterocycles. The summed E-state index contributed by atoms with van der Waals surface area (Å²) < 4.78 is 5.32. The first kappa shape index (κ1) is 11.0. The van der Waals surface area contributed by atoms with Gasteiger partial charge in [-0.2, -0.15) is 0 Å². The van der Waals surface area contributed by atoms with Gasteiger partial charge in [-0.25, -0.2) is 0 Å². The van der Waals surface area contributed by atoms with Crippen LogP contribution in [0, 0.1) is 0 Å². The second-order valence-corrected chi connectivity index (χ2v) is 3.79. The van der Waals surface area contributed by atoms with E-state index in [4.69, 9.17) is 4.74 Å². The van der Waals surface area contributed by atoms with Gasteiger partial charge in [-0.3, -0.25) is 4.79 Å². The van der Waals surface area contributed by atoms with Crippen LogP contribution in [-0.4, -0.2) is 30.3 Å². The second kappa shape index (κ2) is 4.53. The number of carbonyl (C=O) groups is 1. The van der Waals surface area contributed by atoms with E-state index in [-0.39, 0.29) is 12.3 Å². The number of rotatable bonds is 3. The van der Waals surface area contributed by atoms with E-state index in [0.717, 1.165) is 11.4 Å². The fourth-order valence-corrected chi connectivity index (χ4v) is 1.83. The van der Waals surface area contributed by atoms with Crippen molar-refractivity contribution in [3.05, 3.63) is 24.3 Å². The first-order chi connectivity index (χ1) is 7.70. The quantitative estimate of drug-likeness (QED) is 0.834. The number of aliphatic hydroxyl groups excluding tert-OH is 1. The molecule has 4 nitrogen and oxygen atoms in total. The van der Waals surface area contributed by atoms with E-state index in [0.29, 0.717) is 13.2 Å². The Kier molecular flexibility index (Phi) is 3.10.